The molecule has 0 fully saturated rings. The summed E-state index contributed by atoms with van der Waals surface area (Å²) in [5.74, 6) is 0.461. The third kappa shape index (κ3) is 6.56. The minimum Gasteiger partial charge on any atom is -0.481 e. The van der Waals surface area contributed by atoms with Crippen molar-refractivity contribution in [2.24, 2.45) is 5.92 Å². The maximum atomic E-state index is 11.7. The van der Waals surface area contributed by atoms with Crippen LogP contribution < -0.4 is 5.32 Å². The first-order chi connectivity index (χ1) is 7.81. The predicted octanol–water partition coefficient (Wildman–Crippen LogP) is 2.14. The summed E-state index contributed by atoms with van der Waals surface area (Å²) in [6.45, 7) is 7.69. The third-order valence-electron chi connectivity index (χ3n) is 2.80. The predicted molar refractivity (Wildman–Crippen MR) is 71.3 cm³/mol. The highest BCUT2D eigenvalue weighted by Gasteiger charge is 2.32. The van der Waals surface area contributed by atoms with Crippen molar-refractivity contribution in [2.75, 3.05) is 11.5 Å². The SMILES string of the molecule is CCCSCC(=O)NC(C)(CC(=O)O)C(C)C. The number of carbonyl (C=O) groups excluding carboxylic acids is 1. The van der Waals surface area contributed by atoms with Gasteiger partial charge < -0.3 is 10.4 Å². The van der Waals surface area contributed by atoms with E-state index in [0.717, 1.165) is 12.2 Å². The Balaban J connectivity index is 4.34. The van der Waals surface area contributed by atoms with Crippen molar-refractivity contribution < 1.29 is 14.7 Å². The zero-order chi connectivity index (χ0) is 13.5. The van der Waals surface area contributed by atoms with E-state index in [0.29, 0.717) is 5.75 Å². The number of hydrogen-bond donors (Lipinski definition) is 2. The van der Waals surface area contributed by atoms with Crippen molar-refractivity contribution in [2.45, 2.75) is 46.1 Å². The van der Waals surface area contributed by atoms with Crippen molar-refractivity contribution in [3.8, 4) is 0 Å². The summed E-state index contributed by atoms with van der Waals surface area (Å²) >= 11 is 1.57. The molecule has 0 bridgehead atoms. The van der Waals surface area contributed by atoms with E-state index in [-0.39, 0.29) is 18.2 Å². The number of aliphatic carboxylic acids is 1. The quantitative estimate of drug-likeness (QED) is 0.657. The van der Waals surface area contributed by atoms with Crippen LogP contribution in [0.4, 0.5) is 0 Å². The van der Waals surface area contributed by atoms with Crippen LogP contribution in [0.3, 0.4) is 0 Å². The average molecular weight is 261 g/mol. The summed E-state index contributed by atoms with van der Waals surface area (Å²) in [5.41, 5.74) is -0.671. The Morgan fingerprint density at radius 1 is 1.41 bits per heavy atom. The van der Waals surface area contributed by atoms with Crippen LogP contribution in [0.15, 0.2) is 0 Å². The number of carboxylic acid groups (broad SMARTS) is 1. The van der Waals surface area contributed by atoms with Gasteiger partial charge in [-0.3, -0.25) is 9.59 Å². The molecule has 1 amide bonds. The van der Waals surface area contributed by atoms with Gasteiger partial charge in [-0.05, 0) is 25.0 Å². The van der Waals surface area contributed by atoms with Gasteiger partial charge in [-0.2, -0.15) is 11.8 Å². The molecule has 17 heavy (non-hydrogen) atoms. The van der Waals surface area contributed by atoms with E-state index in [9.17, 15) is 9.59 Å². The number of hydrogen-bond acceptors (Lipinski definition) is 3. The number of carboxylic acids is 1. The van der Waals surface area contributed by atoms with Crippen LogP contribution in [0.5, 0.6) is 0 Å². The van der Waals surface area contributed by atoms with Crippen LogP contribution in [-0.2, 0) is 9.59 Å². The Labute approximate surface area is 108 Å². The molecule has 0 aromatic heterocycles. The molecule has 4 nitrogen and oxygen atoms in total. The number of nitrogens with one attached hydrogen (secondary N) is 1. The molecule has 0 radical (unpaired) electrons. The molecule has 0 heterocycles. The summed E-state index contributed by atoms with van der Waals surface area (Å²) in [6.07, 6.45) is 0.989. The van der Waals surface area contributed by atoms with Gasteiger partial charge in [-0.15, -0.1) is 0 Å². The normalized spacial score (nSPS) is 14.4. The lowest BCUT2D eigenvalue weighted by molar-refractivity contribution is -0.139. The smallest absolute Gasteiger partial charge is 0.305 e. The van der Waals surface area contributed by atoms with E-state index in [1.54, 1.807) is 18.7 Å². The van der Waals surface area contributed by atoms with Crippen molar-refractivity contribution in [3.63, 3.8) is 0 Å². The molecule has 0 aromatic carbocycles. The molecule has 100 valence electrons. The van der Waals surface area contributed by atoms with Crippen molar-refractivity contribution >= 4 is 23.6 Å². The fourth-order valence-corrected chi connectivity index (χ4v) is 2.06. The second-order valence-corrected chi connectivity index (χ2v) is 5.85. The molecular weight excluding hydrogens is 238 g/mol. The van der Waals surface area contributed by atoms with Crippen LogP contribution in [0, 0.1) is 5.92 Å². The highest BCUT2D eigenvalue weighted by atomic mass is 32.2. The molecule has 1 atom stereocenters. The largest absolute Gasteiger partial charge is 0.481 e. The summed E-state index contributed by atoms with van der Waals surface area (Å²) in [4.78, 5) is 22.5. The molecule has 0 aromatic rings. The van der Waals surface area contributed by atoms with E-state index in [2.05, 4.69) is 12.2 Å². The van der Waals surface area contributed by atoms with Crippen LogP contribution >= 0.6 is 11.8 Å². The van der Waals surface area contributed by atoms with Crippen molar-refractivity contribution in [3.05, 3.63) is 0 Å². The molecule has 0 aliphatic heterocycles. The zero-order valence-corrected chi connectivity index (χ0v) is 11.9. The summed E-state index contributed by atoms with van der Waals surface area (Å²) in [6, 6.07) is 0. The Morgan fingerprint density at radius 3 is 2.41 bits per heavy atom. The zero-order valence-electron chi connectivity index (χ0n) is 11.1. The molecule has 0 saturated heterocycles. The molecule has 0 rings (SSSR count). The van der Waals surface area contributed by atoms with Gasteiger partial charge in [0.1, 0.15) is 0 Å². The Bertz CT molecular complexity index is 268. The monoisotopic (exact) mass is 261 g/mol. The molecule has 1 unspecified atom stereocenters. The lowest BCUT2D eigenvalue weighted by atomic mass is 9.85. The van der Waals surface area contributed by atoms with Gasteiger partial charge in [0, 0.05) is 5.54 Å². The highest BCUT2D eigenvalue weighted by Crippen LogP contribution is 2.21. The second-order valence-electron chi connectivity index (χ2n) is 4.74. The number of amides is 1. The first-order valence-electron chi connectivity index (χ1n) is 5.92. The molecule has 0 aliphatic rings. The Kier molecular flexibility index (Phi) is 7.27. The van der Waals surface area contributed by atoms with E-state index in [4.69, 9.17) is 5.11 Å². The average Bonchev–Trinajstić information content (AvgIpc) is 2.16. The van der Waals surface area contributed by atoms with Crippen LogP contribution in [0.1, 0.15) is 40.5 Å². The van der Waals surface area contributed by atoms with E-state index >= 15 is 0 Å². The summed E-state index contributed by atoms with van der Waals surface area (Å²) in [5, 5.41) is 11.7. The molecular formula is C12H23NO3S. The molecule has 5 heteroatoms. The van der Waals surface area contributed by atoms with Gasteiger partial charge in [-0.1, -0.05) is 20.8 Å². The fraction of sp³-hybridized carbons (Fsp3) is 0.833. The molecule has 0 spiro atoms. The van der Waals surface area contributed by atoms with Gasteiger partial charge in [0.25, 0.3) is 0 Å². The van der Waals surface area contributed by atoms with E-state index in [1.807, 2.05) is 13.8 Å². The topological polar surface area (TPSA) is 66.4 Å². The Morgan fingerprint density at radius 2 is 2.00 bits per heavy atom. The summed E-state index contributed by atoms with van der Waals surface area (Å²) in [7, 11) is 0. The molecule has 2 N–H and O–H groups in total. The summed E-state index contributed by atoms with van der Waals surface area (Å²) < 4.78 is 0. The first-order valence-corrected chi connectivity index (χ1v) is 7.08. The highest BCUT2D eigenvalue weighted by molar-refractivity contribution is 7.99. The second kappa shape index (κ2) is 7.58. The van der Waals surface area contributed by atoms with Gasteiger partial charge in [-0.25, -0.2) is 0 Å². The van der Waals surface area contributed by atoms with E-state index in [1.165, 1.54) is 0 Å². The van der Waals surface area contributed by atoms with E-state index < -0.39 is 11.5 Å². The van der Waals surface area contributed by atoms with Crippen molar-refractivity contribution in [1.29, 1.82) is 0 Å². The minimum absolute atomic E-state index is 0.0468. The number of rotatable bonds is 8. The minimum atomic E-state index is -0.886. The van der Waals surface area contributed by atoms with Crippen LogP contribution in [0.25, 0.3) is 0 Å². The lowest BCUT2D eigenvalue weighted by Gasteiger charge is -2.33. The van der Waals surface area contributed by atoms with Gasteiger partial charge >= 0.3 is 5.97 Å². The Hall–Kier alpha value is -0.710. The fourth-order valence-electron chi connectivity index (χ4n) is 1.37. The first kappa shape index (κ1) is 16.3. The van der Waals surface area contributed by atoms with Crippen LogP contribution in [-0.4, -0.2) is 34.0 Å². The van der Waals surface area contributed by atoms with Gasteiger partial charge in [0.05, 0.1) is 12.2 Å². The van der Waals surface area contributed by atoms with Crippen molar-refractivity contribution in [1.82, 2.24) is 5.32 Å². The maximum Gasteiger partial charge on any atom is 0.305 e. The third-order valence-corrected chi connectivity index (χ3v) is 3.96. The number of carbonyl (C=O) groups is 2. The van der Waals surface area contributed by atoms with Gasteiger partial charge in [0.15, 0.2) is 0 Å². The molecule has 0 aliphatic carbocycles. The standard InChI is InChI=1S/C12H23NO3S/c1-5-6-17-8-10(14)13-12(4,9(2)3)7-11(15)16/h9H,5-8H2,1-4H3,(H,13,14)(H,15,16). The lowest BCUT2D eigenvalue weighted by Crippen LogP contribution is -2.51. The van der Waals surface area contributed by atoms with Crippen LogP contribution in [0.2, 0.25) is 0 Å². The molecule has 0 saturated carbocycles. The van der Waals surface area contributed by atoms with Gasteiger partial charge in [0.2, 0.25) is 5.91 Å². The maximum absolute atomic E-state index is 11.7. The number of thioether (sulfide) groups is 1.